The van der Waals surface area contributed by atoms with Crippen molar-refractivity contribution in [3.05, 3.63) is 64.1 Å². The first-order valence-electron chi connectivity index (χ1n) is 7.33. The van der Waals surface area contributed by atoms with Gasteiger partial charge in [0.05, 0.1) is 12.2 Å². The summed E-state index contributed by atoms with van der Waals surface area (Å²) in [5.41, 5.74) is 6.94. The zero-order valence-electron chi connectivity index (χ0n) is 13.3. The number of aromatic nitrogens is 1. The van der Waals surface area contributed by atoms with E-state index in [0.29, 0.717) is 16.6 Å². The second-order valence-corrected chi connectivity index (χ2v) is 6.40. The van der Waals surface area contributed by atoms with Gasteiger partial charge in [0.15, 0.2) is 0 Å². The molecule has 2 aromatic rings. The molecule has 24 heavy (non-hydrogen) atoms. The molecule has 0 saturated carbocycles. The molecule has 1 amide bonds. The molecule has 1 aromatic carbocycles. The number of hydrogen-bond acceptors (Lipinski definition) is 3. The molecular weight excluding hydrogens is 397 g/mol. The minimum absolute atomic E-state index is 0. The maximum atomic E-state index is 14.1. The van der Waals surface area contributed by atoms with Crippen molar-refractivity contribution in [2.24, 2.45) is 5.73 Å². The molecule has 2 N–H and O–H groups in total. The number of nitrogens with two attached hydrogens (primary N) is 1. The van der Waals surface area contributed by atoms with Crippen LogP contribution in [0.4, 0.5) is 4.39 Å². The predicted molar refractivity (Wildman–Crippen MR) is 98.1 cm³/mol. The van der Waals surface area contributed by atoms with E-state index in [2.05, 4.69) is 20.9 Å². The molecule has 0 aliphatic heterocycles. The maximum absolute atomic E-state index is 14.1. The molecule has 0 aliphatic carbocycles. The van der Waals surface area contributed by atoms with Crippen molar-refractivity contribution < 1.29 is 9.18 Å². The summed E-state index contributed by atoms with van der Waals surface area (Å²) in [5, 5.41) is 0. The average Bonchev–Trinajstić information content (AvgIpc) is 2.49. The van der Waals surface area contributed by atoms with Crippen molar-refractivity contribution in [2.45, 2.75) is 32.5 Å². The summed E-state index contributed by atoms with van der Waals surface area (Å²) < 4.78 is 14.7. The van der Waals surface area contributed by atoms with Gasteiger partial charge in [-0.15, -0.1) is 12.4 Å². The third kappa shape index (κ3) is 6.19. The smallest absolute Gasteiger partial charge is 0.224 e. The average molecular weight is 417 g/mol. The molecule has 1 unspecified atom stereocenters. The largest absolute Gasteiger partial charge is 0.332 e. The molecule has 4 nitrogen and oxygen atoms in total. The van der Waals surface area contributed by atoms with Gasteiger partial charge < -0.3 is 10.6 Å². The molecule has 130 valence electrons. The summed E-state index contributed by atoms with van der Waals surface area (Å²) in [4.78, 5) is 18.2. The van der Waals surface area contributed by atoms with Crippen LogP contribution in [-0.2, 0) is 17.9 Å². The lowest BCUT2D eigenvalue weighted by Gasteiger charge is -2.24. The summed E-state index contributed by atoms with van der Waals surface area (Å²) in [7, 11) is 0. The Hall–Kier alpha value is -1.50. The highest BCUT2D eigenvalue weighted by atomic mass is 79.9. The molecule has 0 saturated heterocycles. The normalized spacial score (nSPS) is 11.5. The maximum Gasteiger partial charge on any atom is 0.224 e. The summed E-state index contributed by atoms with van der Waals surface area (Å²) in [6, 6.07) is 10.1. The van der Waals surface area contributed by atoms with Crippen LogP contribution < -0.4 is 5.73 Å². The van der Waals surface area contributed by atoms with Gasteiger partial charge in [-0.3, -0.25) is 9.78 Å². The number of amides is 1. The molecule has 1 atom stereocenters. The number of rotatable bonds is 6. The lowest BCUT2D eigenvalue weighted by atomic mass is 10.1. The minimum atomic E-state index is -0.348. The highest BCUT2D eigenvalue weighted by Crippen LogP contribution is 2.18. The molecule has 1 heterocycles. The van der Waals surface area contributed by atoms with Crippen LogP contribution in [0.1, 0.15) is 24.6 Å². The van der Waals surface area contributed by atoms with Crippen LogP contribution in [0.3, 0.4) is 0 Å². The van der Waals surface area contributed by atoms with Gasteiger partial charge in [0.1, 0.15) is 5.82 Å². The SMILES string of the molecule is CC(N)CC(=O)N(Cc1ccccn1)Cc1ccc(Br)cc1F.Cl. The standard InChI is InChI=1S/C17H19BrFN3O.ClH/c1-12(20)8-17(23)22(11-15-4-2-3-7-21-15)10-13-5-6-14(18)9-16(13)19;/h2-7,9,12H,8,10-11,20H2,1H3;1H. The van der Waals surface area contributed by atoms with Gasteiger partial charge in [-0.05, 0) is 31.2 Å². The number of nitrogens with zero attached hydrogens (tertiary/aromatic N) is 2. The third-order valence-electron chi connectivity index (χ3n) is 3.30. The number of halogens is 3. The van der Waals surface area contributed by atoms with Crippen molar-refractivity contribution in [1.82, 2.24) is 9.88 Å². The quantitative estimate of drug-likeness (QED) is 0.781. The monoisotopic (exact) mass is 415 g/mol. The van der Waals surface area contributed by atoms with Gasteiger partial charge >= 0.3 is 0 Å². The van der Waals surface area contributed by atoms with Crippen LogP contribution in [-0.4, -0.2) is 21.8 Å². The minimum Gasteiger partial charge on any atom is -0.332 e. The molecule has 0 bridgehead atoms. The fraction of sp³-hybridized carbons (Fsp3) is 0.294. The number of benzene rings is 1. The summed E-state index contributed by atoms with van der Waals surface area (Å²) >= 11 is 3.23. The highest BCUT2D eigenvalue weighted by molar-refractivity contribution is 9.10. The number of hydrogen-bond donors (Lipinski definition) is 1. The molecule has 0 radical (unpaired) electrons. The number of pyridine rings is 1. The second-order valence-electron chi connectivity index (χ2n) is 5.49. The fourth-order valence-electron chi connectivity index (χ4n) is 2.18. The van der Waals surface area contributed by atoms with Crippen molar-refractivity contribution in [2.75, 3.05) is 0 Å². The van der Waals surface area contributed by atoms with Crippen LogP contribution >= 0.6 is 28.3 Å². The molecule has 0 spiro atoms. The highest BCUT2D eigenvalue weighted by Gasteiger charge is 2.18. The van der Waals surface area contributed by atoms with E-state index in [0.717, 1.165) is 5.69 Å². The summed E-state index contributed by atoms with van der Waals surface area (Å²) in [6.07, 6.45) is 1.88. The van der Waals surface area contributed by atoms with Gasteiger partial charge in [-0.1, -0.05) is 28.1 Å². The molecule has 7 heteroatoms. The fourth-order valence-corrected chi connectivity index (χ4v) is 2.51. The van der Waals surface area contributed by atoms with Crippen LogP contribution in [0.5, 0.6) is 0 Å². The topological polar surface area (TPSA) is 59.2 Å². The second kappa shape index (κ2) is 9.71. The van der Waals surface area contributed by atoms with Crippen LogP contribution in [0.15, 0.2) is 47.1 Å². The Morgan fingerprint density at radius 3 is 2.67 bits per heavy atom. The van der Waals surface area contributed by atoms with E-state index in [1.165, 1.54) is 6.07 Å². The summed E-state index contributed by atoms with van der Waals surface area (Å²) in [5.74, 6) is -0.466. The molecule has 1 aromatic heterocycles. The Morgan fingerprint density at radius 2 is 2.08 bits per heavy atom. The lowest BCUT2D eigenvalue weighted by molar-refractivity contribution is -0.132. The predicted octanol–water partition coefficient (Wildman–Crippen LogP) is 3.67. The first-order chi connectivity index (χ1) is 11.0. The zero-order chi connectivity index (χ0) is 16.8. The first-order valence-corrected chi connectivity index (χ1v) is 8.12. The lowest BCUT2D eigenvalue weighted by Crippen LogP contribution is -2.34. The van der Waals surface area contributed by atoms with E-state index < -0.39 is 0 Å². The Labute approximate surface area is 155 Å². The summed E-state index contributed by atoms with van der Waals surface area (Å²) in [6.45, 7) is 2.28. The van der Waals surface area contributed by atoms with Crippen LogP contribution in [0.2, 0.25) is 0 Å². The molecule has 0 aliphatic rings. The van der Waals surface area contributed by atoms with E-state index in [9.17, 15) is 9.18 Å². The Morgan fingerprint density at radius 1 is 1.33 bits per heavy atom. The van der Waals surface area contributed by atoms with Crippen molar-refractivity contribution in [1.29, 1.82) is 0 Å². The van der Waals surface area contributed by atoms with E-state index in [1.54, 1.807) is 30.2 Å². The van der Waals surface area contributed by atoms with Gasteiger partial charge in [-0.25, -0.2) is 4.39 Å². The van der Waals surface area contributed by atoms with E-state index in [-0.39, 0.29) is 43.1 Å². The molecule has 2 rings (SSSR count). The number of carbonyl (C=O) groups excluding carboxylic acids is 1. The van der Waals surface area contributed by atoms with Crippen molar-refractivity contribution in [3.8, 4) is 0 Å². The molecule has 0 fully saturated rings. The van der Waals surface area contributed by atoms with E-state index in [4.69, 9.17) is 5.73 Å². The Kier molecular flexibility index (Phi) is 8.31. The number of carbonyl (C=O) groups is 1. The van der Waals surface area contributed by atoms with Gasteiger partial charge in [-0.2, -0.15) is 0 Å². The first kappa shape index (κ1) is 20.5. The van der Waals surface area contributed by atoms with Crippen molar-refractivity contribution >= 4 is 34.2 Å². The third-order valence-corrected chi connectivity index (χ3v) is 3.80. The van der Waals surface area contributed by atoms with Crippen LogP contribution in [0.25, 0.3) is 0 Å². The van der Waals surface area contributed by atoms with E-state index >= 15 is 0 Å². The molecular formula is C17H20BrClFN3O. The van der Waals surface area contributed by atoms with Gasteiger partial charge in [0.25, 0.3) is 0 Å². The van der Waals surface area contributed by atoms with Gasteiger partial charge in [0.2, 0.25) is 5.91 Å². The Bertz CT molecular complexity index is 670. The van der Waals surface area contributed by atoms with Crippen LogP contribution in [0, 0.1) is 5.82 Å². The van der Waals surface area contributed by atoms with Gasteiger partial charge in [0, 0.05) is 35.2 Å². The zero-order valence-corrected chi connectivity index (χ0v) is 15.7. The van der Waals surface area contributed by atoms with E-state index in [1.807, 2.05) is 18.2 Å². The van der Waals surface area contributed by atoms with Crippen molar-refractivity contribution in [3.63, 3.8) is 0 Å². The Balaban J connectivity index is 0.00000288.